The van der Waals surface area contributed by atoms with Gasteiger partial charge in [0.1, 0.15) is 13.7 Å². The van der Waals surface area contributed by atoms with E-state index in [1.807, 2.05) is 6.07 Å². The van der Waals surface area contributed by atoms with Crippen molar-refractivity contribution >= 4 is 98.5 Å². The molecular formula is C57H48N2OSi2. The molecule has 0 radical (unpaired) electrons. The van der Waals surface area contributed by atoms with Gasteiger partial charge in [0.25, 0.3) is 0 Å². The highest BCUT2D eigenvalue weighted by Gasteiger charge is 2.36. The summed E-state index contributed by atoms with van der Waals surface area (Å²) in [5.74, 6) is 0. The molecule has 1 aliphatic rings. The molecule has 62 heavy (non-hydrogen) atoms. The Morgan fingerprint density at radius 3 is 1.68 bits per heavy atom. The fraction of sp³-hybridized carbons (Fsp3) is 0.0877. The SMILES string of the molecule is C[Si](C)(C)c1ccc(N(c2ccccc2)c2ccc(-c3ccc4c5c(cccc35)[Si](C)(C)c3cc(N(c5ccccc5)c5cccc6c5oc5ccccc56)ccc3-4)cc2)cc1. The molecule has 9 aromatic carbocycles. The van der Waals surface area contributed by atoms with Crippen molar-refractivity contribution in [2.24, 2.45) is 0 Å². The van der Waals surface area contributed by atoms with Gasteiger partial charge in [-0.15, -0.1) is 0 Å². The van der Waals surface area contributed by atoms with Crippen LogP contribution in [0.25, 0.3) is 55.0 Å². The second kappa shape index (κ2) is 14.6. The normalized spacial score (nSPS) is 13.0. The maximum absolute atomic E-state index is 6.63. The largest absolute Gasteiger partial charge is 0.454 e. The van der Waals surface area contributed by atoms with Gasteiger partial charge in [0.15, 0.2) is 5.58 Å². The Morgan fingerprint density at radius 1 is 0.419 bits per heavy atom. The zero-order valence-electron chi connectivity index (χ0n) is 35.9. The summed E-state index contributed by atoms with van der Waals surface area (Å²) in [5.41, 5.74) is 13.7. The summed E-state index contributed by atoms with van der Waals surface area (Å²) in [7, 11) is -3.63. The Morgan fingerprint density at radius 2 is 0.968 bits per heavy atom. The number of hydrogen-bond donors (Lipinski definition) is 0. The van der Waals surface area contributed by atoms with Crippen LogP contribution in [-0.2, 0) is 0 Å². The molecule has 1 aliphatic heterocycles. The molecule has 0 N–H and O–H groups in total. The minimum atomic E-state index is -2.21. The number of fused-ring (bicyclic) bond motifs is 5. The third-order valence-electron chi connectivity index (χ3n) is 13.0. The molecule has 300 valence electrons. The van der Waals surface area contributed by atoms with Crippen molar-refractivity contribution in [3.05, 3.63) is 200 Å². The zero-order valence-corrected chi connectivity index (χ0v) is 37.9. The molecule has 0 unspecified atom stereocenters. The maximum Gasteiger partial charge on any atom is 0.159 e. The van der Waals surface area contributed by atoms with Gasteiger partial charge in [-0.2, -0.15) is 0 Å². The van der Waals surface area contributed by atoms with Crippen LogP contribution in [-0.4, -0.2) is 16.1 Å². The first-order valence-corrected chi connectivity index (χ1v) is 28.2. The summed E-state index contributed by atoms with van der Waals surface area (Å²) in [6.07, 6.45) is 0. The third kappa shape index (κ3) is 6.22. The highest BCUT2D eigenvalue weighted by molar-refractivity contribution is 7.03. The number of anilines is 6. The van der Waals surface area contributed by atoms with E-state index in [9.17, 15) is 0 Å². The van der Waals surface area contributed by atoms with Crippen LogP contribution in [0.5, 0.6) is 0 Å². The third-order valence-corrected chi connectivity index (χ3v) is 18.6. The van der Waals surface area contributed by atoms with Gasteiger partial charge in [-0.05, 0) is 116 Å². The van der Waals surface area contributed by atoms with E-state index in [0.29, 0.717) is 0 Å². The van der Waals surface area contributed by atoms with Crippen LogP contribution >= 0.6 is 0 Å². The van der Waals surface area contributed by atoms with Crippen molar-refractivity contribution in [2.45, 2.75) is 32.7 Å². The lowest BCUT2D eigenvalue weighted by molar-refractivity contribution is 0.669. The molecule has 1 aromatic heterocycles. The summed E-state index contributed by atoms with van der Waals surface area (Å²) in [4.78, 5) is 4.74. The fourth-order valence-electron chi connectivity index (χ4n) is 9.81. The second-order valence-corrected chi connectivity index (χ2v) is 27.6. The molecule has 0 bridgehead atoms. The van der Waals surface area contributed by atoms with Crippen molar-refractivity contribution in [2.75, 3.05) is 9.80 Å². The minimum absolute atomic E-state index is 0.895. The molecule has 0 aliphatic carbocycles. The molecule has 0 saturated heterocycles. The molecule has 0 spiro atoms. The van der Waals surface area contributed by atoms with Crippen molar-refractivity contribution in [3.8, 4) is 22.3 Å². The summed E-state index contributed by atoms with van der Waals surface area (Å²) < 4.78 is 6.63. The number of nitrogens with zero attached hydrogens (tertiary/aromatic N) is 2. The average Bonchev–Trinajstić information content (AvgIpc) is 3.69. The minimum Gasteiger partial charge on any atom is -0.454 e. The van der Waals surface area contributed by atoms with Crippen LogP contribution in [0, 0.1) is 0 Å². The number of hydrogen-bond acceptors (Lipinski definition) is 3. The predicted molar refractivity (Wildman–Crippen MR) is 271 cm³/mol. The molecule has 2 heterocycles. The lowest BCUT2D eigenvalue weighted by Crippen LogP contribution is -2.56. The van der Waals surface area contributed by atoms with Crippen LogP contribution < -0.4 is 25.4 Å². The summed E-state index contributed by atoms with van der Waals surface area (Å²) in [6.45, 7) is 12.3. The highest BCUT2D eigenvalue weighted by atomic mass is 28.3. The van der Waals surface area contributed by atoms with E-state index in [1.165, 1.54) is 54.3 Å². The molecule has 10 aromatic rings. The second-order valence-electron chi connectivity index (χ2n) is 18.2. The molecule has 11 rings (SSSR count). The molecule has 5 heteroatoms. The van der Waals surface area contributed by atoms with E-state index in [1.54, 1.807) is 0 Å². The van der Waals surface area contributed by atoms with Crippen LogP contribution in [0.15, 0.2) is 205 Å². The van der Waals surface area contributed by atoms with E-state index in [4.69, 9.17) is 4.42 Å². The Hall–Kier alpha value is -6.93. The van der Waals surface area contributed by atoms with Gasteiger partial charge in [0.2, 0.25) is 0 Å². The van der Waals surface area contributed by atoms with Gasteiger partial charge in [0.05, 0.1) is 13.8 Å². The van der Waals surface area contributed by atoms with Crippen LogP contribution in [0.3, 0.4) is 0 Å². The van der Waals surface area contributed by atoms with Crippen LogP contribution in [0.2, 0.25) is 32.7 Å². The van der Waals surface area contributed by atoms with Crippen LogP contribution in [0.1, 0.15) is 0 Å². The monoisotopic (exact) mass is 832 g/mol. The molecule has 0 fully saturated rings. The van der Waals surface area contributed by atoms with E-state index in [0.717, 1.165) is 50.4 Å². The molecule has 0 atom stereocenters. The maximum atomic E-state index is 6.63. The van der Waals surface area contributed by atoms with Gasteiger partial charge >= 0.3 is 0 Å². The topological polar surface area (TPSA) is 19.6 Å². The molecule has 3 nitrogen and oxygen atoms in total. The Bertz CT molecular complexity index is 3290. The Kier molecular flexibility index (Phi) is 8.97. The quantitative estimate of drug-likeness (QED) is 0.142. The van der Waals surface area contributed by atoms with Gasteiger partial charge in [-0.1, -0.05) is 165 Å². The van der Waals surface area contributed by atoms with Crippen molar-refractivity contribution in [1.82, 2.24) is 0 Å². The average molecular weight is 833 g/mol. The van der Waals surface area contributed by atoms with Crippen molar-refractivity contribution in [3.63, 3.8) is 0 Å². The van der Waals surface area contributed by atoms with Gasteiger partial charge < -0.3 is 14.2 Å². The smallest absolute Gasteiger partial charge is 0.159 e. The zero-order chi connectivity index (χ0) is 42.2. The van der Waals surface area contributed by atoms with E-state index < -0.39 is 16.1 Å². The predicted octanol–water partition coefficient (Wildman–Crippen LogP) is 14.7. The lowest BCUT2D eigenvalue weighted by atomic mass is 9.91. The summed E-state index contributed by atoms with van der Waals surface area (Å²) in [6, 6.07) is 73.5. The van der Waals surface area contributed by atoms with Crippen molar-refractivity contribution < 1.29 is 4.42 Å². The molecular weight excluding hydrogens is 785 g/mol. The van der Waals surface area contributed by atoms with Gasteiger partial charge in [-0.25, -0.2) is 0 Å². The van der Waals surface area contributed by atoms with E-state index >= 15 is 0 Å². The van der Waals surface area contributed by atoms with E-state index in [-0.39, 0.29) is 0 Å². The Labute approximate surface area is 366 Å². The standard InChI is InChI=1S/C57H48N2OSi2/c1-61(2,3)45-33-30-43(31-34-45)58(40-16-8-6-9-17-40)42-28-26-39(27-29-42)46-36-37-50-48-35-32-44(38-55(48)62(4,5)54-25-15-21-49(46)56(50)54)59(41-18-10-7-11-19-41)52-23-14-22-51-47-20-12-13-24-53(47)60-57(51)52/h6-38H,1-5H3. The summed E-state index contributed by atoms with van der Waals surface area (Å²) >= 11 is 0. The van der Waals surface area contributed by atoms with Crippen molar-refractivity contribution in [1.29, 1.82) is 0 Å². The summed E-state index contributed by atoms with van der Waals surface area (Å²) in [5, 5.41) is 9.36. The first kappa shape index (κ1) is 38.0. The first-order chi connectivity index (χ1) is 30.1. The van der Waals surface area contributed by atoms with E-state index in [2.05, 4.69) is 237 Å². The number of furan rings is 1. The fourth-order valence-corrected chi connectivity index (χ4v) is 14.1. The highest BCUT2D eigenvalue weighted by Crippen LogP contribution is 2.45. The first-order valence-electron chi connectivity index (χ1n) is 21.7. The molecule has 0 amide bonds. The number of rotatable bonds is 8. The van der Waals surface area contributed by atoms with Crippen LogP contribution in [0.4, 0.5) is 34.1 Å². The number of para-hydroxylation sites is 4. The van der Waals surface area contributed by atoms with Gasteiger partial charge in [0, 0.05) is 39.2 Å². The van der Waals surface area contributed by atoms with Gasteiger partial charge in [-0.3, -0.25) is 0 Å². The lowest BCUT2D eigenvalue weighted by Gasteiger charge is -2.35. The number of benzene rings is 9. The molecule has 0 saturated carbocycles. The Balaban J connectivity index is 1.01.